The Morgan fingerprint density at radius 1 is 1.10 bits per heavy atom. The van der Waals surface area contributed by atoms with Crippen LogP contribution in [0.4, 0.5) is 0 Å². The molecule has 108 valence electrons. The van der Waals surface area contributed by atoms with E-state index in [1.807, 2.05) is 6.20 Å². The summed E-state index contributed by atoms with van der Waals surface area (Å²) in [6.45, 7) is 0. The van der Waals surface area contributed by atoms with E-state index in [-0.39, 0.29) is 5.66 Å². The molecular weight excluding hydrogens is 260 g/mol. The van der Waals surface area contributed by atoms with Gasteiger partial charge in [0.15, 0.2) is 0 Å². The van der Waals surface area contributed by atoms with E-state index in [2.05, 4.69) is 40.1 Å². The number of H-pyrrole nitrogens is 1. The van der Waals surface area contributed by atoms with Crippen molar-refractivity contribution in [1.82, 2.24) is 15.8 Å². The molecule has 0 saturated heterocycles. The van der Waals surface area contributed by atoms with Crippen LogP contribution in [-0.2, 0) is 0 Å². The Labute approximate surface area is 124 Å². The first kappa shape index (κ1) is 11.8. The maximum atomic E-state index is 5.10. The average molecular weight is 280 g/mol. The molecule has 1 aromatic carbocycles. The number of hydrogen-bond donors (Lipinski definition) is 3. The van der Waals surface area contributed by atoms with Crippen molar-refractivity contribution in [2.24, 2.45) is 16.8 Å². The standard InChI is InChI=1S/C17H20N4/c1-5-14-6-2-11(1)10-17(14)19-16(20-21-17)13-4-3-12-7-8-18-15(12)9-13/h3-4,7-9,11,14,18,21H,1-2,5-6,10H2,(H,19,20)/t11?,14?,17-/m0/s1. The quantitative estimate of drug-likeness (QED) is 0.752. The van der Waals surface area contributed by atoms with Crippen molar-refractivity contribution in [3.63, 3.8) is 0 Å². The van der Waals surface area contributed by atoms with Crippen LogP contribution in [0.5, 0.6) is 0 Å². The van der Waals surface area contributed by atoms with Crippen molar-refractivity contribution in [2.45, 2.75) is 37.8 Å². The lowest BCUT2D eigenvalue weighted by Crippen LogP contribution is -2.56. The number of fused-ring (bicyclic) bond motifs is 3. The summed E-state index contributed by atoms with van der Waals surface area (Å²) in [4.78, 5) is 8.38. The summed E-state index contributed by atoms with van der Waals surface area (Å²) in [5.41, 5.74) is 9.18. The molecule has 1 aromatic heterocycles. The number of rotatable bonds is 1. The summed E-state index contributed by atoms with van der Waals surface area (Å²) < 4.78 is 0. The Balaban J connectivity index is 1.53. The molecule has 6 rings (SSSR count). The van der Waals surface area contributed by atoms with Crippen LogP contribution in [0.25, 0.3) is 10.9 Å². The van der Waals surface area contributed by atoms with Crippen LogP contribution in [0, 0.1) is 11.8 Å². The topological polar surface area (TPSA) is 52.2 Å². The van der Waals surface area contributed by atoms with Crippen molar-refractivity contribution in [3.8, 4) is 0 Å². The number of nitrogens with one attached hydrogen (secondary N) is 3. The molecule has 3 N–H and O–H groups in total. The van der Waals surface area contributed by atoms with E-state index < -0.39 is 0 Å². The predicted octanol–water partition coefficient (Wildman–Crippen LogP) is 2.93. The first-order valence-electron chi connectivity index (χ1n) is 8.03. The van der Waals surface area contributed by atoms with Crippen molar-refractivity contribution < 1.29 is 0 Å². The van der Waals surface area contributed by atoms with Crippen LogP contribution in [-0.4, -0.2) is 16.5 Å². The Morgan fingerprint density at radius 3 is 2.81 bits per heavy atom. The zero-order valence-electron chi connectivity index (χ0n) is 12.0. The van der Waals surface area contributed by atoms with Gasteiger partial charge in [-0.05, 0) is 61.5 Å². The van der Waals surface area contributed by atoms with Crippen LogP contribution < -0.4 is 10.9 Å². The predicted molar refractivity (Wildman–Crippen MR) is 83.9 cm³/mol. The lowest BCUT2D eigenvalue weighted by molar-refractivity contribution is 0.0506. The lowest BCUT2D eigenvalue weighted by Gasteiger charge is -2.47. The summed E-state index contributed by atoms with van der Waals surface area (Å²) in [5.74, 6) is 2.55. The van der Waals surface area contributed by atoms with Gasteiger partial charge in [-0.3, -0.25) is 0 Å². The highest BCUT2D eigenvalue weighted by atomic mass is 15.5. The maximum Gasteiger partial charge on any atom is 0.144 e. The van der Waals surface area contributed by atoms with E-state index in [1.54, 1.807) is 0 Å². The second-order valence-corrected chi connectivity index (χ2v) is 6.84. The first-order chi connectivity index (χ1) is 10.3. The van der Waals surface area contributed by atoms with Crippen LogP contribution in [0.3, 0.4) is 0 Å². The van der Waals surface area contributed by atoms with Crippen molar-refractivity contribution in [3.05, 3.63) is 36.0 Å². The molecular formula is C17H20N4. The van der Waals surface area contributed by atoms with Gasteiger partial charge in [-0.15, -0.1) is 0 Å². The Morgan fingerprint density at radius 2 is 2.00 bits per heavy atom. The van der Waals surface area contributed by atoms with Gasteiger partial charge in [-0.25, -0.2) is 10.4 Å². The summed E-state index contributed by atoms with van der Waals surface area (Å²) in [5, 5.41) is 1.25. The van der Waals surface area contributed by atoms with Gasteiger partial charge in [0.25, 0.3) is 0 Å². The molecule has 4 nitrogen and oxygen atoms in total. The van der Waals surface area contributed by atoms with E-state index in [9.17, 15) is 0 Å². The third kappa shape index (κ3) is 1.69. The van der Waals surface area contributed by atoms with Gasteiger partial charge in [-0.2, -0.15) is 0 Å². The van der Waals surface area contributed by atoms with Gasteiger partial charge in [0.1, 0.15) is 11.5 Å². The molecule has 2 bridgehead atoms. The van der Waals surface area contributed by atoms with Gasteiger partial charge < -0.3 is 10.4 Å². The third-order valence-corrected chi connectivity index (χ3v) is 5.66. The van der Waals surface area contributed by atoms with E-state index >= 15 is 0 Å². The van der Waals surface area contributed by atoms with Crippen LogP contribution in [0.15, 0.2) is 35.5 Å². The number of nitrogens with zero attached hydrogens (tertiary/aromatic N) is 1. The monoisotopic (exact) mass is 280 g/mol. The minimum atomic E-state index is -0.0405. The smallest absolute Gasteiger partial charge is 0.144 e. The molecule has 21 heavy (non-hydrogen) atoms. The van der Waals surface area contributed by atoms with Crippen molar-refractivity contribution in [2.75, 3.05) is 0 Å². The van der Waals surface area contributed by atoms with Gasteiger partial charge in [0.05, 0.1) is 0 Å². The molecule has 4 heteroatoms. The minimum Gasteiger partial charge on any atom is -0.361 e. The summed E-state index contributed by atoms with van der Waals surface area (Å²) in [6, 6.07) is 8.60. The number of aromatic amines is 1. The number of aliphatic imine (C=N–C) groups is 1. The van der Waals surface area contributed by atoms with E-state index in [0.717, 1.165) is 17.3 Å². The fraction of sp³-hybridized carbons (Fsp3) is 0.471. The maximum absolute atomic E-state index is 5.10. The molecule has 0 amide bonds. The molecule has 0 unspecified atom stereocenters. The molecule has 0 radical (unpaired) electrons. The zero-order valence-corrected chi connectivity index (χ0v) is 12.0. The fourth-order valence-electron chi connectivity index (χ4n) is 4.50. The highest BCUT2D eigenvalue weighted by Crippen LogP contribution is 2.48. The lowest BCUT2D eigenvalue weighted by atomic mass is 9.65. The zero-order chi connectivity index (χ0) is 13.9. The SMILES string of the molecule is c1cc2ccc(C3=N[C@@]4(CC5CCC4CC5)NN3)cc2[nH]1. The number of benzene rings is 1. The normalized spacial score (nSPS) is 34.4. The van der Waals surface area contributed by atoms with Gasteiger partial charge in [0.2, 0.25) is 0 Å². The molecule has 3 saturated carbocycles. The summed E-state index contributed by atoms with van der Waals surface area (Å²) in [7, 11) is 0. The first-order valence-corrected chi connectivity index (χ1v) is 8.03. The molecule has 1 spiro atoms. The van der Waals surface area contributed by atoms with Crippen LogP contribution in [0.1, 0.15) is 37.7 Å². The van der Waals surface area contributed by atoms with Gasteiger partial charge >= 0.3 is 0 Å². The number of amidine groups is 1. The highest BCUT2D eigenvalue weighted by molar-refractivity contribution is 6.02. The summed E-state index contributed by atoms with van der Waals surface area (Å²) >= 11 is 0. The van der Waals surface area contributed by atoms with Crippen LogP contribution in [0.2, 0.25) is 0 Å². The van der Waals surface area contributed by atoms with E-state index in [0.29, 0.717) is 5.92 Å². The van der Waals surface area contributed by atoms with Gasteiger partial charge in [-0.1, -0.05) is 12.1 Å². The number of hydrogen-bond acceptors (Lipinski definition) is 3. The van der Waals surface area contributed by atoms with E-state index in [4.69, 9.17) is 4.99 Å². The second kappa shape index (κ2) is 4.10. The van der Waals surface area contributed by atoms with Crippen LogP contribution >= 0.6 is 0 Å². The van der Waals surface area contributed by atoms with Gasteiger partial charge in [0, 0.05) is 17.3 Å². The molecule has 3 fully saturated rings. The highest BCUT2D eigenvalue weighted by Gasteiger charge is 2.49. The number of aromatic nitrogens is 1. The molecule has 3 aliphatic carbocycles. The molecule has 4 aliphatic rings. The van der Waals surface area contributed by atoms with E-state index in [1.165, 1.54) is 43.0 Å². The number of hydrazine groups is 1. The molecule has 2 aromatic rings. The van der Waals surface area contributed by atoms with Crippen molar-refractivity contribution >= 4 is 16.7 Å². The molecule has 1 atom stereocenters. The minimum absolute atomic E-state index is 0.0405. The average Bonchev–Trinajstić information content (AvgIpc) is 3.15. The fourth-order valence-corrected chi connectivity index (χ4v) is 4.50. The third-order valence-electron chi connectivity index (χ3n) is 5.66. The Bertz CT molecular complexity index is 723. The largest absolute Gasteiger partial charge is 0.361 e. The Hall–Kier alpha value is -1.81. The Kier molecular flexibility index (Phi) is 2.31. The second-order valence-electron chi connectivity index (χ2n) is 6.84. The molecule has 1 aliphatic heterocycles. The molecule has 2 heterocycles. The van der Waals surface area contributed by atoms with Crippen molar-refractivity contribution in [1.29, 1.82) is 0 Å². The summed E-state index contributed by atoms with van der Waals surface area (Å²) in [6.07, 6.45) is 8.62.